The lowest BCUT2D eigenvalue weighted by atomic mass is 10.3. The molecule has 6 heteroatoms. The molecule has 2 rings (SSSR count). The molecule has 1 heterocycles. The Morgan fingerprint density at radius 2 is 2.11 bits per heavy atom. The third kappa shape index (κ3) is 3.64. The van der Waals surface area contributed by atoms with Crippen LogP contribution in [0.4, 0.5) is 10.3 Å². The van der Waals surface area contributed by atoms with Crippen LogP contribution in [0.25, 0.3) is 0 Å². The van der Waals surface area contributed by atoms with Crippen LogP contribution in [-0.4, -0.2) is 16.5 Å². The van der Waals surface area contributed by atoms with Crippen LogP contribution < -0.4 is 10.1 Å². The van der Waals surface area contributed by atoms with Gasteiger partial charge in [-0.25, -0.2) is 9.37 Å². The van der Waals surface area contributed by atoms with E-state index in [-0.39, 0.29) is 5.75 Å². The fourth-order valence-electron chi connectivity index (χ4n) is 1.50. The number of aryl methyl sites for hydroxylation is 1. The fourth-order valence-corrected chi connectivity index (χ4v) is 1.83. The molecule has 1 aromatic carbocycles. The molecule has 2 aromatic rings. The van der Waals surface area contributed by atoms with Crippen LogP contribution in [-0.2, 0) is 0 Å². The summed E-state index contributed by atoms with van der Waals surface area (Å²) < 4.78 is 19.8. The summed E-state index contributed by atoms with van der Waals surface area (Å²) in [6.07, 6.45) is 0. The lowest BCUT2D eigenvalue weighted by Gasteiger charge is -2.09. The van der Waals surface area contributed by atoms with Gasteiger partial charge in [0, 0.05) is 22.8 Å². The maximum atomic E-state index is 13.7. The average molecular weight is 326 g/mol. The van der Waals surface area contributed by atoms with Crippen molar-refractivity contribution >= 4 is 21.9 Å². The third-order valence-corrected chi connectivity index (χ3v) is 2.77. The molecule has 1 aromatic heterocycles. The number of rotatable bonds is 4. The lowest BCUT2D eigenvalue weighted by Crippen LogP contribution is -2.04. The Balaban J connectivity index is 2.27. The molecule has 0 fully saturated rings. The second kappa shape index (κ2) is 5.97. The van der Waals surface area contributed by atoms with Crippen molar-refractivity contribution in [2.24, 2.45) is 0 Å². The highest BCUT2D eigenvalue weighted by Crippen LogP contribution is 2.26. The monoisotopic (exact) mass is 325 g/mol. The first-order valence-electron chi connectivity index (χ1n) is 5.81. The maximum absolute atomic E-state index is 13.7. The van der Waals surface area contributed by atoms with Crippen molar-refractivity contribution in [3.05, 3.63) is 40.2 Å². The van der Waals surface area contributed by atoms with Crippen LogP contribution in [0.5, 0.6) is 11.6 Å². The second-order valence-electron chi connectivity index (χ2n) is 3.88. The van der Waals surface area contributed by atoms with Crippen molar-refractivity contribution < 1.29 is 9.13 Å². The van der Waals surface area contributed by atoms with E-state index in [1.807, 2.05) is 13.8 Å². The highest BCUT2D eigenvalue weighted by Gasteiger charge is 2.08. The molecule has 0 aliphatic carbocycles. The van der Waals surface area contributed by atoms with Crippen molar-refractivity contribution in [1.82, 2.24) is 9.97 Å². The Labute approximate surface area is 119 Å². The minimum absolute atomic E-state index is 0.128. The van der Waals surface area contributed by atoms with Crippen LogP contribution in [0.1, 0.15) is 12.6 Å². The Bertz CT molecular complexity index is 592. The van der Waals surface area contributed by atoms with Gasteiger partial charge in [-0.2, -0.15) is 4.98 Å². The van der Waals surface area contributed by atoms with Gasteiger partial charge in [-0.1, -0.05) is 15.9 Å². The predicted molar refractivity (Wildman–Crippen MR) is 75.1 cm³/mol. The summed E-state index contributed by atoms with van der Waals surface area (Å²) in [5.74, 6) is 0.457. The summed E-state index contributed by atoms with van der Waals surface area (Å²) in [6, 6.07) is 6.25. The van der Waals surface area contributed by atoms with Gasteiger partial charge in [0.15, 0.2) is 11.6 Å². The number of ether oxygens (including phenoxy) is 1. The topological polar surface area (TPSA) is 47.0 Å². The van der Waals surface area contributed by atoms with Gasteiger partial charge in [0.25, 0.3) is 0 Å². The molecule has 0 unspecified atom stereocenters. The summed E-state index contributed by atoms with van der Waals surface area (Å²) in [7, 11) is 0. The SMILES string of the molecule is CCNc1nc(C)cc(Oc2ccc(Br)cc2F)n1. The standard InChI is InChI=1S/C13H13BrFN3O/c1-3-16-13-17-8(2)6-12(18-13)19-11-5-4-9(14)7-10(11)15/h4-7H,3H2,1-2H3,(H,16,17,18). The Hall–Kier alpha value is -1.69. The van der Waals surface area contributed by atoms with Gasteiger partial charge in [-0.3, -0.25) is 0 Å². The molecule has 0 saturated carbocycles. The molecular weight excluding hydrogens is 313 g/mol. The number of hydrogen-bond acceptors (Lipinski definition) is 4. The van der Waals surface area contributed by atoms with Gasteiger partial charge in [-0.15, -0.1) is 0 Å². The fraction of sp³-hybridized carbons (Fsp3) is 0.231. The van der Waals surface area contributed by atoms with Gasteiger partial charge in [-0.05, 0) is 32.0 Å². The maximum Gasteiger partial charge on any atom is 0.226 e. The smallest absolute Gasteiger partial charge is 0.226 e. The zero-order valence-corrected chi connectivity index (χ0v) is 12.2. The second-order valence-corrected chi connectivity index (χ2v) is 4.79. The molecule has 0 atom stereocenters. The zero-order valence-electron chi connectivity index (χ0n) is 10.6. The van der Waals surface area contributed by atoms with Gasteiger partial charge >= 0.3 is 0 Å². The minimum Gasteiger partial charge on any atom is -0.436 e. The van der Waals surface area contributed by atoms with Crippen molar-refractivity contribution in [2.45, 2.75) is 13.8 Å². The first-order chi connectivity index (χ1) is 9.08. The number of hydrogen-bond donors (Lipinski definition) is 1. The van der Waals surface area contributed by atoms with E-state index >= 15 is 0 Å². The van der Waals surface area contributed by atoms with Gasteiger partial charge in [0.2, 0.25) is 11.8 Å². The van der Waals surface area contributed by atoms with Crippen LogP contribution in [0.15, 0.2) is 28.7 Å². The van der Waals surface area contributed by atoms with E-state index in [1.54, 1.807) is 18.2 Å². The summed E-state index contributed by atoms with van der Waals surface area (Å²) in [5, 5.41) is 2.99. The summed E-state index contributed by atoms with van der Waals surface area (Å²) >= 11 is 3.19. The van der Waals surface area contributed by atoms with Crippen LogP contribution in [0.3, 0.4) is 0 Å². The number of anilines is 1. The van der Waals surface area contributed by atoms with Crippen LogP contribution in [0.2, 0.25) is 0 Å². The van der Waals surface area contributed by atoms with E-state index in [2.05, 4.69) is 31.2 Å². The minimum atomic E-state index is -0.448. The number of nitrogens with one attached hydrogen (secondary N) is 1. The molecule has 0 saturated heterocycles. The highest BCUT2D eigenvalue weighted by atomic mass is 79.9. The predicted octanol–water partition coefficient (Wildman–Crippen LogP) is 3.91. The van der Waals surface area contributed by atoms with Crippen LogP contribution >= 0.6 is 15.9 Å². The number of nitrogens with zero attached hydrogens (tertiary/aromatic N) is 2. The van der Waals surface area contributed by atoms with Gasteiger partial charge in [0.1, 0.15) is 0 Å². The molecular formula is C13H13BrFN3O. The van der Waals surface area contributed by atoms with Crippen molar-refractivity contribution in [2.75, 3.05) is 11.9 Å². The first kappa shape index (κ1) is 13.7. The van der Waals surface area contributed by atoms with E-state index in [0.717, 1.165) is 5.69 Å². The Morgan fingerprint density at radius 3 is 2.79 bits per heavy atom. The average Bonchev–Trinajstić information content (AvgIpc) is 2.32. The summed E-state index contributed by atoms with van der Waals surface area (Å²) in [6.45, 7) is 4.48. The van der Waals surface area contributed by atoms with Crippen LogP contribution in [0, 0.1) is 12.7 Å². The number of halogens is 2. The van der Waals surface area contributed by atoms with Crippen molar-refractivity contribution in [3.63, 3.8) is 0 Å². The first-order valence-corrected chi connectivity index (χ1v) is 6.60. The lowest BCUT2D eigenvalue weighted by molar-refractivity contribution is 0.426. The van der Waals surface area contributed by atoms with E-state index in [9.17, 15) is 4.39 Å². The zero-order chi connectivity index (χ0) is 13.8. The largest absolute Gasteiger partial charge is 0.436 e. The molecule has 0 bridgehead atoms. The molecule has 1 N–H and O–H groups in total. The number of benzene rings is 1. The number of aromatic nitrogens is 2. The van der Waals surface area contributed by atoms with E-state index in [4.69, 9.17) is 4.74 Å². The third-order valence-electron chi connectivity index (χ3n) is 2.27. The molecule has 0 aliphatic rings. The highest BCUT2D eigenvalue weighted by molar-refractivity contribution is 9.10. The molecule has 19 heavy (non-hydrogen) atoms. The molecule has 100 valence electrons. The molecule has 0 spiro atoms. The Kier molecular flexibility index (Phi) is 4.31. The molecule has 0 amide bonds. The van der Waals surface area contributed by atoms with Crippen molar-refractivity contribution in [1.29, 1.82) is 0 Å². The Morgan fingerprint density at radius 1 is 1.32 bits per heavy atom. The normalized spacial score (nSPS) is 10.3. The summed E-state index contributed by atoms with van der Waals surface area (Å²) in [4.78, 5) is 8.36. The van der Waals surface area contributed by atoms with Gasteiger partial charge < -0.3 is 10.1 Å². The van der Waals surface area contributed by atoms with Crippen molar-refractivity contribution in [3.8, 4) is 11.6 Å². The molecule has 4 nitrogen and oxygen atoms in total. The quantitative estimate of drug-likeness (QED) is 0.925. The molecule has 0 radical (unpaired) electrons. The summed E-state index contributed by atoms with van der Waals surface area (Å²) in [5.41, 5.74) is 0.749. The molecule has 0 aliphatic heterocycles. The van der Waals surface area contributed by atoms with E-state index in [0.29, 0.717) is 22.8 Å². The van der Waals surface area contributed by atoms with Gasteiger partial charge in [0.05, 0.1) is 0 Å². The van der Waals surface area contributed by atoms with E-state index < -0.39 is 5.82 Å². The van der Waals surface area contributed by atoms with E-state index in [1.165, 1.54) is 6.07 Å².